The maximum Gasteiger partial charge on any atom is 0.435 e. The standard InChI is InChI=1S/C20H15BrClF3N4O4.CH4O/c1-3-29-13(9-28-7-6-14(26-28)20(23,24)25)16(21)18(30)15(19(31)33-2)17(29)10-4-5-12(27-32)11(22)8-10;1-2/h4-8H,3,9H2,1-2H3;2H,1H3/p+1. The number of pyridine rings is 1. The van der Waals surface area contributed by atoms with Crippen molar-refractivity contribution in [2.75, 3.05) is 14.2 Å². The molecule has 14 heteroatoms. The zero-order valence-corrected chi connectivity index (χ0v) is 21.0. The minimum atomic E-state index is -4.62. The van der Waals surface area contributed by atoms with Crippen LogP contribution in [0.2, 0.25) is 5.02 Å². The Hall–Kier alpha value is -3.03. The molecule has 0 atom stereocenters. The third kappa shape index (κ3) is 5.80. The quantitative estimate of drug-likeness (QED) is 0.433. The highest BCUT2D eigenvalue weighted by molar-refractivity contribution is 9.10. The number of aliphatic hydroxyl groups is 1. The van der Waals surface area contributed by atoms with Crippen LogP contribution in [-0.2, 0) is 24.0 Å². The maximum absolute atomic E-state index is 13.1. The zero-order valence-electron chi connectivity index (χ0n) is 18.6. The first kappa shape index (κ1) is 28.2. The molecular formula is C21H20BrClF3N4O5+. The second-order valence-electron chi connectivity index (χ2n) is 6.74. The van der Waals surface area contributed by atoms with Gasteiger partial charge in [0.1, 0.15) is 10.6 Å². The second kappa shape index (κ2) is 11.6. The van der Waals surface area contributed by atoms with Crippen molar-refractivity contribution in [3.63, 3.8) is 0 Å². The molecule has 0 aliphatic heterocycles. The van der Waals surface area contributed by atoms with Gasteiger partial charge in [0.2, 0.25) is 5.43 Å². The average molecular weight is 581 g/mol. The fraction of sp³-hybridized carbons (Fsp3) is 0.286. The summed E-state index contributed by atoms with van der Waals surface area (Å²) in [5.41, 5.74) is -1.29. The molecule has 0 fully saturated rings. The van der Waals surface area contributed by atoms with E-state index in [4.69, 9.17) is 21.4 Å². The number of carbonyl (C=O) groups is 1. The summed E-state index contributed by atoms with van der Waals surface area (Å²) in [6, 6.07) is 5.07. The van der Waals surface area contributed by atoms with Gasteiger partial charge in [0, 0.05) is 41.6 Å². The van der Waals surface area contributed by atoms with Crippen LogP contribution in [-0.4, -0.2) is 39.6 Å². The summed E-state index contributed by atoms with van der Waals surface area (Å²) in [4.78, 5) is 36.7. The SMILES string of the molecule is CCn1c(Cn2ccc(C(F)(F)F)n2)c(Br)c(=O)c(C(=O)OC)c1-c1ccc([NH+]=O)c(Cl)c1.CO. The number of rotatable bonds is 6. The lowest BCUT2D eigenvalue weighted by atomic mass is 10.0. The number of halogens is 5. The third-order valence-electron chi connectivity index (χ3n) is 4.81. The Balaban J connectivity index is 0.00000210. The van der Waals surface area contributed by atoms with Crippen LogP contribution in [0.15, 0.2) is 39.7 Å². The van der Waals surface area contributed by atoms with E-state index >= 15 is 0 Å². The summed E-state index contributed by atoms with van der Waals surface area (Å²) >= 11 is 9.32. The Kier molecular flexibility index (Phi) is 9.35. The van der Waals surface area contributed by atoms with Crippen LogP contribution in [0.3, 0.4) is 0 Å². The number of alkyl halides is 3. The Bertz CT molecular complexity index is 1310. The Labute approximate surface area is 210 Å². The van der Waals surface area contributed by atoms with Gasteiger partial charge >= 0.3 is 12.1 Å². The van der Waals surface area contributed by atoms with Crippen molar-refractivity contribution in [2.45, 2.75) is 26.2 Å². The van der Waals surface area contributed by atoms with E-state index in [2.05, 4.69) is 21.0 Å². The van der Waals surface area contributed by atoms with Crippen LogP contribution in [0, 0.1) is 4.91 Å². The molecule has 2 heterocycles. The van der Waals surface area contributed by atoms with Crippen LogP contribution in [0.25, 0.3) is 11.3 Å². The lowest BCUT2D eigenvalue weighted by molar-refractivity contribution is -0.379. The van der Waals surface area contributed by atoms with Crippen LogP contribution >= 0.6 is 27.5 Å². The van der Waals surface area contributed by atoms with E-state index in [0.29, 0.717) is 5.56 Å². The molecule has 0 radical (unpaired) electrons. The number of carbonyl (C=O) groups excluding carboxylic acids is 1. The van der Waals surface area contributed by atoms with Crippen molar-refractivity contribution in [1.82, 2.24) is 14.3 Å². The Morgan fingerprint density at radius 2 is 1.94 bits per heavy atom. The predicted octanol–water partition coefficient (Wildman–Crippen LogP) is 3.09. The van der Waals surface area contributed by atoms with E-state index in [-0.39, 0.29) is 45.2 Å². The molecule has 0 aliphatic rings. The van der Waals surface area contributed by atoms with Crippen LogP contribution in [0.4, 0.5) is 18.9 Å². The highest BCUT2D eigenvalue weighted by Gasteiger charge is 2.34. The van der Waals surface area contributed by atoms with Crippen molar-refractivity contribution >= 4 is 39.2 Å². The molecule has 35 heavy (non-hydrogen) atoms. The monoisotopic (exact) mass is 579 g/mol. The summed E-state index contributed by atoms with van der Waals surface area (Å²) in [7, 11) is 2.11. The van der Waals surface area contributed by atoms with E-state index in [0.717, 1.165) is 31.2 Å². The molecule has 0 unspecified atom stereocenters. The van der Waals surface area contributed by atoms with Gasteiger partial charge in [-0.1, -0.05) is 11.6 Å². The summed E-state index contributed by atoms with van der Waals surface area (Å²) < 4.78 is 46.3. The van der Waals surface area contributed by atoms with Crippen molar-refractivity contribution in [3.05, 3.63) is 72.0 Å². The Morgan fingerprint density at radius 3 is 2.43 bits per heavy atom. The molecule has 2 aromatic heterocycles. The molecule has 0 saturated carbocycles. The maximum atomic E-state index is 13.1. The first-order chi connectivity index (χ1) is 16.5. The van der Waals surface area contributed by atoms with Crippen molar-refractivity contribution < 1.29 is 33.0 Å². The van der Waals surface area contributed by atoms with Crippen LogP contribution in [0.1, 0.15) is 28.7 Å². The molecule has 2 N–H and O–H groups in total. The summed E-state index contributed by atoms with van der Waals surface area (Å²) in [5.74, 6) is -0.912. The lowest BCUT2D eigenvalue weighted by Crippen LogP contribution is -2.55. The van der Waals surface area contributed by atoms with Crippen molar-refractivity contribution in [1.29, 1.82) is 0 Å². The van der Waals surface area contributed by atoms with Crippen molar-refractivity contribution in [2.24, 2.45) is 0 Å². The van der Waals surface area contributed by atoms with Crippen LogP contribution < -0.4 is 10.6 Å². The first-order valence-electron chi connectivity index (χ1n) is 9.80. The van der Waals surface area contributed by atoms with Crippen LogP contribution in [0.5, 0.6) is 0 Å². The fourth-order valence-corrected chi connectivity index (χ4v) is 4.09. The number of benzene rings is 1. The molecule has 188 valence electrons. The minimum absolute atomic E-state index is 0.0264. The van der Waals surface area contributed by atoms with E-state index in [9.17, 15) is 27.7 Å². The van der Waals surface area contributed by atoms with Gasteiger partial charge in [-0.05, 0) is 41.1 Å². The molecule has 0 bridgehead atoms. The molecule has 0 saturated heterocycles. The third-order valence-corrected chi connectivity index (χ3v) is 5.94. The number of hydrogen-bond donors (Lipinski definition) is 2. The lowest BCUT2D eigenvalue weighted by Gasteiger charge is -2.22. The van der Waals surface area contributed by atoms with Crippen molar-refractivity contribution in [3.8, 4) is 11.3 Å². The number of aliphatic hydroxyl groups excluding tert-OH is 1. The topological polar surface area (TPSA) is 117 Å². The van der Waals surface area contributed by atoms with Gasteiger partial charge in [-0.15, -0.1) is 0 Å². The number of methoxy groups -OCH3 is 1. The van der Waals surface area contributed by atoms with Gasteiger partial charge in [-0.2, -0.15) is 18.3 Å². The molecule has 0 spiro atoms. The van der Waals surface area contributed by atoms with Gasteiger partial charge < -0.3 is 14.4 Å². The molecule has 0 amide bonds. The molecule has 3 aromatic rings. The largest absolute Gasteiger partial charge is 0.465 e. The molecule has 3 rings (SSSR count). The molecular weight excluding hydrogens is 561 g/mol. The summed E-state index contributed by atoms with van der Waals surface area (Å²) in [6.45, 7) is 1.74. The molecule has 9 nitrogen and oxygen atoms in total. The summed E-state index contributed by atoms with van der Waals surface area (Å²) in [6.07, 6.45) is -3.49. The zero-order chi connectivity index (χ0) is 26.5. The molecule has 1 aromatic carbocycles. The van der Waals surface area contributed by atoms with Gasteiger partial charge in [0.25, 0.3) is 5.69 Å². The smallest absolute Gasteiger partial charge is 0.435 e. The van der Waals surface area contributed by atoms with Gasteiger partial charge in [-0.25, -0.2) is 4.79 Å². The van der Waals surface area contributed by atoms with Gasteiger partial charge in [0.05, 0.1) is 29.5 Å². The van der Waals surface area contributed by atoms with E-state index < -0.39 is 23.3 Å². The second-order valence-corrected chi connectivity index (χ2v) is 7.94. The van der Waals surface area contributed by atoms with Gasteiger partial charge in [0.15, 0.2) is 5.69 Å². The Morgan fingerprint density at radius 1 is 1.29 bits per heavy atom. The number of nitrogens with zero attached hydrogens (tertiary/aromatic N) is 3. The number of nitrogens with one attached hydrogen (secondary N) is 1. The highest BCUT2D eigenvalue weighted by Crippen LogP contribution is 2.32. The van der Waals surface area contributed by atoms with E-state index in [1.54, 1.807) is 16.7 Å². The minimum Gasteiger partial charge on any atom is -0.465 e. The number of hydrogen-bond acceptors (Lipinski definition) is 6. The average Bonchev–Trinajstić information content (AvgIpc) is 3.32. The van der Waals surface area contributed by atoms with Gasteiger partial charge in [-0.3, -0.25) is 9.48 Å². The van der Waals surface area contributed by atoms with E-state index in [1.807, 2.05) is 0 Å². The summed E-state index contributed by atoms with van der Waals surface area (Å²) in [5, 5.41) is 12.3. The number of aromatic nitrogens is 3. The number of ether oxygens (including phenoxy) is 1. The number of nitroso groups, excluding NO2 is 1. The normalized spacial score (nSPS) is 11.0. The first-order valence-corrected chi connectivity index (χ1v) is 11.0. The number of esters is 1. The fourth-order valence-electron chi connectivity index (χ4n) is 3.33. The molecule has 0 aliphatic carbocycles. The highest BCUT2D eigenvalue weighted by atomic mass is 79.9. The predicted molar refractivity (Wildman–Crippen MR) is 124 cm³/mol. The van der Waals surface area contributed by atoms with E-state index in [1.165, 1.54) is 18.2 Å².